The van der Waals surface area contributed by atoms with Gasteiger partial charge in [-0.2, -0.15) is 0 Å². The Bertz CT molecular complexity index is 527. The molecule has 8 heteroatoms. The van der Waals surface area contributed by atoms with Gasteiger partial charge in [-0.05, 0) is 27.8 Å². The number of amides is 1. The van der Waals surface area contributed by atoms with Crippen LogP contribution >= 0.6 is 0 Å². The standard InChI is InChI=1S/C10H16N2O5S/c1-10(2,3)17-9(13)12-7-5-6-16-8(7)18(14,15)11-4/h5-6,11H,1-4H3,(H,12,13). The summed E-state index contributed by atoms with van der Waals surface area (Å²) >= 11 is 0. The highest BCUT2D eigenvalue weighted by atomic mass is 32.2. The van der Waals surface area contributed by atoms with Crippen LogP contribution in [0.5, 0.6) is 0 Å². The van der Waals surface area contributed by atoms with E-state index in [4.69, 9.17) is 9.15 Å². The van der Waals surface area contributed by atoms with Crippen molar-refractivity contribution in [2.24, 2.45) is 0 Å². The first kappa shape index (κ1) is 14.5. The molecular formula is C10H16N2O5S. The molecule has 0 aliphatic heterocycles. The minimum Gasteiger partial charge on any atom is -0.450 e. The summed E-state index contributed by atoms with van der Waals surface area (Å²) in [5, 5.41) is 1.95. The van der Waals surface area contributed by atoms with Gasteiger partial charge in [0.1, 0.15) is 11.3 Å². The summed E-state index contributed by atoms with van der Waals surface area (Å²) in [4.78, 5) is 11.5. The molecule has 0 spiro atoms. The van der Waals surface area contributed by atoms with Crippen LogP contribution < -0.4 is 10.0 Å². The Labute approximate surface area is 106 Å². The number of carbonyl (C=O) groups excluding carboxylic acids is 1. The maximum Gasteiger partial charge on any atom is 0.412 e. The number of sulfonamides is 1. The maximum absolute atomic E-state index is 11.6. The van der Waals surface area contributed by atoms with Gasteiger partial charge < -0.3 is 9.15 Å². The van der Waals surface area contributed by atoms with Gasteiger partial charge in [-0.15, -0.1) is 0 Å². The molecule has 0 atom stereocenters. The van der Waals surface area contributed by atoms with E-state index < -0.39 is 21.7 Å². The van der Waals surface area contributed by atoms with Crippen LogP contribution in [-0.2, 0) is 14.8 Å². The Morgan fingerprint density at radius 1 is 1.39 bits per heavy atom. The molecule has 0 radical (unpaired) electrons. The zero-order valence-corrected chi connectivity index (χ0v) is 11.4. The molecule has 0 bridgehead atoms. The van der Waals surface area contributed by atoms with Crippen molar-refractivity contribution in [3.05, 3.63) is 12.3 Å². The average Bonchev–Trinajstić information content (AvgIpc) is 2.63. The topological polar surface area (TPSA) is 97.6 Å². The first-order valence-electron chi connectivity index (χ1n) is 5.17. The minimum atomic E-state index is -3.76. The Morgan fingerprint density at radius 2 is 2.00 bits per heavy atom. The van der Waals surface area contributed by atoms with E-state index in [1.807, 2.05) is 0 Å². The molecule has 0 saturated heterocycles. The van der Waals surface area contributed by atoms with Crippen LogP contribution in [0.15, 0.2) is 21.8 Å². The van der Waals surface area contributed by atoms with E-state index in [1.54, 1.807) is 20.8 Å². The van der Waals surface area contributed by atoms with E-state index in [0.29, 0.717) is 0 Å². The fourth-order valence-electron chi connectivity index (χ4n) is 1.10. The normalized spacial score (nSPS) is 12.2. The number of ether oxygens (including phenoxy) is 1. The van der Waals surface area contributed by atoms with E-state index in [0.717, 1.165) is 6.26 Å². The van der Waals surface area contributed by atoms with Crippen molar-refractivity contribution in [2.45, 2.75) is 31.5 Å². The molecule has 1 aromatic heterocycles. The van der Waals surface area contributed by atoms with Gasteiger partial charge >= 0.3 is 6.09 Å². The van der Waals surface area contributed by atoms with Gasteiger partial charge in [-0.25, -0.2) is 17.9 Å². The number of hydrogen-bond acceptors (Lipinski definition) is 5. The van der Waals surface area contributed by atoms with Gasteiger partial charge in [0.15, 0.2) is 0 Å². The summed E-state index contributed by atoms with van der Waals surface area (Å²) in [6.45, 7) is 5.10. The maximum atomic E-state index is 11.6. The highest BCUT2D eigenvalue weighted by Crippen LogP contribution is 2.22. The Hall–Kier alpha value is -1.54. The highest BCUT2D eigenvalue weighted by Gasteiger charge is 2.24. The number of rotatable bonds is 3. The van der Waals surface area contributed by atoms with E-state index in [2.05, 4.69) is 10.0 Å². The third-order valence-electron chi connectivity index (χ3n) is 1.78. The summed E-state index contributed by atoms with van der Waals surface area (Å²) in [5.41, 5.74) is -0.644. The van der Waals surface area contributed by atoms with Crippen LogP contribution in [0.4, 0.5) is 10.5 Å². The van der Waals surface area contributed by atoms with Crippen molar-refractivity contribution < 1.29 is 22.4 Å². The van der Waals surface area contributed by atoms with Crippen molar-refractivity contribution in [2.75, 3.05) is 12.4 Å². The van der Waals surface area contributed by atoms with Crippen LogP contribution in [0.3, 0.4) is 0 Å². The predicted molar refractivity (Wildman–Crippen MR) is 64.8 cm³/mol. The summed E-state index contributed by atoms with van der Waals surface area (Å²) in [6, 6.07) is 1.33. The second-order valence-electron chi connectivity index (χ2n) is 4.46. The van der Waals surface area contributed by atoms with Crippen LogP contribution in [0, 0.1) is 0 Å². The average molecular weight is 276 g/mol. The molecule has 0 unspecified atom stereocenters. The third kappa shape index (κ3) is 3.74. The van der Waals surface area contributed by atoms with Crippen LogP contribution in [0.25, 0.3) is 0 Å². The zero-order chi connectivity index (χ0) is 14.0. The van der Waals surface area contributed by atoms with Crippen LogP contribution in [0.1, 0.15) is 20.8 Å². The van der Waals surface area contributed by atoms with Gasteiger partial charge in [0.25, 0.3) is 15.1 Å². The lowest BCUT2D eigenvalue weighted by atomic mass is 10.2. The van der Waals surface area contributed by atoms with Crippen molar-refractivity contribution in [3.8, 4) is 0 Å². The number of furan rings is 1. The van der Waals surface area contributed by atoms with Crippen LogP contribution in [-0.4, -0.2) is 27.2 Å². The Balaban J connectivity index is 2.88. The quantitative estimate of drug-likeness (QED) is 0.872. The fraction of sp³-hybridized carbons (Fsp3) is 0.500. The molecule has 18 heavy (non-hydrogen) atoms. The fourth-order valence-corrected chi connectivity index (χ4v) is 1.88. The lowest BCUT2D eigenvalue weighted by Gasteiger charge is -2.19. The molecule has 0 aromatic carbocycles. The summed E-state index contributed by atoms with van der Waals surface area (Å²) < 4.78 is 35.0. The van der Waals surface area contributed by atoms with Gasteiger partial charge in [0.2, 0.25) is 0 Å². The highest BCUT2D eigenvalue weighted by molar-refractivity contribution is 7.89. The smallest absolute Gasteiger partial charge is 0.412 e. The molecule has 7 nitrogen and oxygen atoms in total. The molecule has 102 valence electrons. The second kappa shape index (κ2) is 4.99. The van der Waals surface area contributed by atoms with Crippen molar-refractivity contribution >= 4 is 21.8 Å². The summed E-state index contributed by atoms with van der Waals surface area (Å²) in [5.74, 6) is 0. The summed E-state index contributed by atoms with van der Waals surface area (Å²) in [6.07, 6.45) is 0.410. The zero-order valence-electron chi connectivity index (χ0n) is 10.6. The molecule has 0 aliphatic rings. The van der Waals surface area contributed by atoms with Gasteiger partial charge in [0, 0.05) is 6.07 Å². The second-order valence-corrected chi connectivity index (χ2v) is 6.24. The van der Waals surface area contributed by atoms with Crippen molar-refractivity contribution in [1.82, 2.24) is 4.72 Å². The number of carbonyl (C=O) groups is 1. The van der Waals surface area contributed by atoms with E-state index in [1.165, 1.54) is 13.1 Å². The van der Waals surface area contributed by atoms with E-state index in [-0.39, 0.29) is 10.8 Å². The van der Waals surface area contributed by atoms with Crippen molar-refractivity contribution in [3.63, 3.8) is 0 Å². The molecule has 2 N–H and O–H groups in total. The number of nitrogens with one attached hydrogen (secondary N) is 2. The molecule has 0 aliphatic carbocycles. The minimum absolute atomic E-state index is 0.0265. The molecule has 0 saturated carbocycles. The molecular weight excluding hydrogens is 260 g/mol. The monoisotopic (exact) mass is 276 g/mol. The molecule has 1 rings (SSSR count). The predicted octanol–water partition coefficient (Wildman–Crippen LogP) is 1.53. The van der Waals surface area contributed by atoms with E-state index in [9.17, 15) is 13.2 Å². The molecule has 0 fully saturated rings. The first-order chi connectivity index (χ1) is 8.15. The molecule has 1 amide bonds. The number of hydrogen-bond donors (Lipinski definition) is 2. The van der Waals surface area contributed by atoms with Gasteiger partial charge in [-0.3, -0.25) is 5.32 Å². The Morgan fingerprint density at radius 3 is 2.50 bits per heavy atom. The first-order valence-corrected chi connectivity index (χ1v) is 6.65. The Kier molecular flexibility index (Phi) is 4.02. The van der Waals surface area contributed by atoms with Gasteiger partial charge in [0.05, 0.1) is 6.26 Å². The summed E-state index contributed by atoms with van der Waals surface area (Å²) in [7, 11) is -2.52. The van der Waals surface area contributed by atoms with E-state index >= 15 is 0 Å². The lowest BCUT2D eigenvalue weighted by Crippen LogP contribution is -2.28. The van der Waals surface area contributed by atoms with Crippen LogP contribution in [0.2, 0.25) is 0 Å². The third-order valence-corrected chi connectivity index (χ3v) is 3.12. The number of anilines is 1. The van der Waals surface area contributed by atoms with Crippen molar-refractivity contribution in [1.29, 1.82) is 0 Å². The SMILES string of the molecule is CNS(=O)(=O)c1occc1NC(=O)OC(C)(C)C. The van der Waals surface area contributed by atoms with Gasteiger partial charge in [-0.1, -0.05) is 0 Å². The lowest BCUT2D eigenvalue weighted by molar-refractivity contribution is 0.0635. The molecule has 1 aromatic rings. The molecule has 1 heterocycles. The largest absolute Gasteiger partial charge is 0.450 e.